The number of thiazole rings is 1. The van der Waals surface area contributed by atoms with Crippen LogP contribution in [0.25, 0.3) is 5.48 Å². The molecule has 338 valence electrons. The van der Waals surface area contributed by atoms with E-state index >= 15 is 0 Å². The Kier molecular flexibility index (Phi) is 35.5. The summed E-state index contributed by atoms with van der Waals surface area (Å²) in [6.07, 6.45) is 10.3. The first-order valence-corrected chi connectivity index (χ1v) is 22.0. The number of carbonyl (C=O) groups is 4. The zero-order valence-electron chi connectivity index (χ0n) is 39.0. The van der Waals surface area contributed by atoms with Crippen molar-refractivity contribution >= 4 is 41.3 Å². The number of nitrogen functional groups attached to an aromatic ring is 1. The SMILES string of the molecule is CCCCCON(C(=O)CCCC)C(CC(OC(C)=O)c1nc(C(=O)NC(Cc2ccc(N)cc2)CC(C)(C)C)cs1)C(C)C.CN1CCCCC1.C[N-]OC.O=CO.[K+]. The zero-order chi connectivity index (χ0) is 44.8. The third kappa shape index (κ3) is 28.6. The molecule has 0 bridgehead atoms. The number of likely N-dealkylation sites (tertiary alicyclic amines) is 1. The molecule has 0 spiro atoms. The van der Waals surface area contributed by atoms with Crippen molar-refractivity contribution in [3.8, 4) is 0 Å². The van der Waals surface area contributed by atoms with Crippen molar-refractivity contribution in [2.45, 2.75) is 151 Å². The summed E-state index contributed by atoms with van der Waals surface area (Å²) in [7, 11) is 5.29. The van der Waals surface area contributed by atoms with Crippen molar-refractivity contribution in [1.29, 1.82) is 0 Å². The number of hydroxylamine groups is 3. The molecule has 60 heavy (non-hydrogen) atoms. The fourth-order valence-corrected chi connectivity index (χ4v) is 7.11. The van der Waals surface area contributed by atoms with E-state index in [1.54, 1.807) is 12.4 Å². The van der Waals surface area contributed by atoms with Crippen molar-refractivity contribution in [1.82, 2.24) is 20.3 Å². The number of anilines is 1. The molecule has 0 radical (unpaired) electrons. The van der Waals surface area contributed by atoms with Crippen LogP contribution in [0.5, 0.6) is 0 Å². The molecule has 16 heteroatoms. The Morgan fingerprint density at radius 3 is 2.12 bits per heavy atom. The molecule has 1 aromatic carbocycles. The Morgan fingerprint density at radius 2 is 1.65 bits per heavy atom. The number of unbranched alkanes of at least 4 members (excludes halogenated alkanes) is 3. The van der Waals surface area contributed by atoms with Crippen molar-refractivity contribution in [2.24, 2.45) is 11.3 Å². The monoisotopic (exact) mass is 889 g/mol. The summed E-state index contributed by atoms with van der Waals surface area (Å²) in [5.74, 6) is -0.780. The van der Waals surface area contributed by atoms with Gasteiger partial charge in [-0.3, -0.25) is 24.0 Å². The van der Waals surface area contributed by atoms with Gasteiger partial charge in [-0.05, 0) is 87.7 Å². The van der Waals surface area contributed by atoms with Crippen LogP contribution in [0.3, 0.4) is 0 Å². The molecule has 1 saturated heterocycles. The van der Waals surface area contributed by atoms with E-state index in [0.717, 1.165) is 44.1 Å². The normalized spacial score (nSPS) is 13.9. The molecular formula is C44H77KN6O8S. The maximum absolute atomic E-state index is 13.5. The zero-order valence-corrected chi connectivity index (χ0v) is 42.9. The van der Waals surface area contributed by atoms with Gasteiger partial charge in [-0.15, -0.1) is 18.4 Å². The summed E-state index contributed by atoms with van der Waals surface area (Å²) in [6, 6.07) is 7.23. The smallest absolute Gasteiger partial charge is 0.537 e. The molecule has 0 saturated carbocycles. The van der Waals surface area contributed by atoms with Gasteiger partial charge in [-0.25, -0.2) is 10.0 Å². The topological polar surface area (TPSA) is 188 Å². The fourth-order valence-electron chi connectivity index (χ4n) is 6.27. The molecule has 4 N–H and O–H groups in total. The van der Waals surface area contributed by atoms with Crippen LogP contribution in [0.2, 0.25) is 0 Å². The minimum absolute atomic E-state index is 0. The number of amides is 2. The second-order valence-electron chi connectivity index (χ2n) is 16.3. The third-order valence-electron chi connectivity index (χ3n) is 9.25. The van der Waals surface area contributed by atoms with E-state index in [-0.39, 0.29) is 98.8 Å². The number of nitrogens with zero attached hydrogens (tertiary/aromatic N) is 4. The van der Waals surface area contributed by atoms with Gasteiger partial charge in [0.2, 0.25) is 5.91 Å². The van der Waals surface area contributed by atoms with Gasteiger partial charge in [0.15, 0.2) is 6.10 Å². The van der Waals surface area contributed by atoms with Crippen molar-refractivity contribution in [3.05, 3.63) is 51.4 Å². The number of piperidine rings is 1. The molecule has 3 atom stereocenters. The maximum Gasteiger partial charge on any atom is 1.00 e. The number of ether oxygens (including phenoxy) is 1. The van der Waals surface area contributed by atoms with Crippen molar-refractivity contribution < 1.29 is 90.1 Å². The first kappa shape index (κ1) is 60.1. The number of nitrogens with two attached hydrogens (primary N) is 1. The number of nitrogens with one attached hydrogen (secondary N) is 1. The molecule has 1 aliphatic rings. The first-order valence-electron chi connectivity index (χ1n) is 21.1. The van der Waals surface area contributed by atoms with E-state index in [4.69, 9.17) is 25.2 Å². The summed E-state index contributed by atoms with van der Waals surface area (Å²) in [5.41, 5.74) is 11.2. The molecular weight excluding hydrogens is 812 g/mol. The van der Waals surface area contributed by atoms with Crippen LogP contribution >= 0.6 is 11.3 Å². The number of carboxylic acid groups (broad SMARTS) is 1. The molecule has 14 nitrogen and oxygen atoms in total. The van der Waals surface area contributed by atoms with E-state index < -0.39 is 12.1 Å². The van der Waals surface area contributed by atoms with Gasteiger partial charge in [0.1, 0.15) is 10.7 Å². The van der Waals surface area contributed by atoms with Crippen molar-refractivity contribution in [3.63, 3.8) is 0 Å². The van der Waals surface area contributed by atoms with E-state index in [2.05, 4.69) is 67.2 Å². The van der Waals surface area contributed by atoms with E-state index in [9.17, 15) is 14.4 Å². The number of benzene rings is 1. The summed E-state index contributed by atoms with van der Waals surface area (Å²) in [6.45, 7) is 18.9. The minimum atomic E-state index is -0.734. The molecule has 0 aliphatic carbocycles. The molecule has 3 rings (SSSR count). The van der Waals surface area contributed by atoms with Crippen LogP contribution < -0.4 is 62.4 Å². The molecule has 1 aliphatic heterocycles. The van der Waals surface area contributed by atoms with Gasteiger partial charge in [-0.2, -0.15) is 0 Å². The largest absolute Gasteiger partial charge is 1.00 e. The second kappa shape index (κ2) is 35.5. The van der Waals surface area contributed by atoms with Gasteiger partial charge in [0, 0.05) is 44.0 Å². The number of rotatable bonds is 20. The minimum Gasteiger partial charge on any atom is -0.537 e. The average molecular weight is 889 g/mol. The number of hydrogen-bond donors (Lipinski definition) is 3. The summed E-state index contributed by atoms with van der Waals surface area (Å²) in [4.78, 5) is 64.7. The molecule has 2 aromatic rings. The molecule has 2 amide bonds. The summed E-state index contributed by atoms with van der Waals surface area (Å²) < 4.78 is 5.77. The Hall–Kier alpha value is -1.99. The average Bonchev–Trinajstić information content (AvgIpc) is 3.68. The fraction of sp³-hybridized carbons (Fsp3) is 0.705. The van der Waals surface area contributed by atoms with Crippen LogP contribution in [0.1, 0.15) is 153 Å². The van der Waals surface area contributed by atoms with Gasteiger partial charge in [-0.1, -0.05) is 86.3 Å². The Morgan fingerprint density at radius 1 is 1.07 bits per heavy atom. The molecule has 2 heterocycles. The van der Waals surface area contributed by atoms with Gasteiger partial charge >= 0.3 is 57.4 Å². The van der Waals surface area contributed by atoms with E-state index in [0.29, 0.717) is 36.6 Å². The van der Waals surface area contributed by atoms with E-state index in [1.807, 2.05) is 38.1 Å². The third-order valence-corrected chi connectivity index (χ3v) is 10.2. The predicted molar refractivity (Wildman–Crippen MR) is 238 cm³/mol. The quantitative estimate of drug-likeness (QED) is 0.0353. The van der Waals surface area contributed by atoms with Crippen molar-refractivity contribution in [2.75, 3.05) is 46.6 Å². The Balaban J connectivity index is 0. The van der Waals surface area contributed by atoms with Crippen LogP contribution in [-0.2, 0) is 35.2 Å². The van der Waals surface area contributed by atoms with Gasteiger partial charge in [0.25, 0.3) is 12.4 Å². The number of aromatic nitrogens is 1. The second-order valence-corrected chi connectivity index (χ2v) is 17.2. The number of hydrogen-bond acceptors (Lipinski definition) is 11. The Bertz CT molecular complexity index is 1420. The van der Waals surface area contributed by atoms with E-state index in [1.165, 1.54) is 62.8 Å². The summed E-state index contributed by atoms with van der Waals surface area (Å²) in [5, 5.41) is 13.8. The van der Waals surface area contributed by atoms with Crippen LogP contribution in [-0.4, -0.2) is 97.3 Å². The number of esters is 1. The molecule has 3 unspecified atom stereocenters. The van der Waals surface area contributed by atoms with Gasteiger partial charge in [0.05, 0.1) is 12.6 Å². The van der Waals surface area contributed by atoms with Crippen LogP contribution in [0.4, 0.5) is 5.69 Å². The Labute approximate surface area is 408 Å². The van der Waals surface area contributed by atoms with Crippen LogP contribution in [0, 0.1) is 11.3 Å². The van der Waals surface area contributed by atoms with Crippen LogP contribution in [0.15, 0.2) is 29.6 Å². The number of carbonyl (C=O) groups excluding carboxylic acids is 3. The molecule has 1 fully saturated rings. The first-order chi connectivity index (χ1) is 28.0. The maximum atomic E-state index is 13.5. The molecule has 1 aromatic heterocycles. The predicted octanol–water partition coefficient (Wildman–Crippen LogP) is 6.02. The standard InChI is InChI=1S/C35H56N4O5S.C6H13N.C2H6NO.CH2O2.K/c1-9-11-13-19-43-39(32(41)14-12-10-2)30(24(3)4)21-31(44-25(5)40)34-38-29(23-45-34)33(42)37-28(22-35(6,7)8)20-26-15-17-27(36)18-16-26;1-7-5-3-2-4-6-7;1-3-4-2;2-1-3;/h15-18,23-24,28,30-31H,9-14,19-22,36H2,1-8H3,(H,37,42);2-6H2,1H3;1-2H3;1H,(H,2,3);/q;;-1;;+1. The summed E-state index contributed by atoms with van der Waals surface area (Å²) >= 11 is 1.28. The van der Waals surface area contributed by atoms with Gasteiger partial charge < -0.3 is 36.1 Å².